The summed E-state index contributed by atoms with van der Waals surface area (Å²) < 4.78 is 0. The maximum absolute atomic E-state index is 13.4. The Kier molecular flexibility index (Phi) is 8.24. The van der Waals surface area contributed by atoms with Crippen LogP contribution in [0.2, 0.25) is 0 Å². The zero-order chi connectivity index (χ0) is 22.2. The van der Waals surface area contributed by atoms with Gasteiger partial charge in [0.2, 0.25) is 5.91 Å². The number of aryl methyl sites for hydroxylation is 1. The number of benzene rings is 2. The Hall–Kier alpha value is -2.66. The summed E-state index contributed by atoms with van der Waals surface area (Å²) in [6.07, 6.45) is 1.77. The summed E-state index contributed by atoms with van der Waals surface area (Å²) in [6.45, 7) is 10.4. The molecule has 3 rings (SSSR count). The van der Waals surface area contributed by atoms with Crippen LogP contribution in [0.4, 0.5) is 0 Å². The van der Waals surface area contributed by atoms with Crippen molar-refractivity contribution in [2.45, 2.75) is 46.2 Å². The molecule has 2 aromatic rings. The summed E-state index contributed by atoms with van der Waals surface area (Å²) in [7, 11) is 0. The van der Waals surface area contributed by atoms with Crippen LogP contribution in [0.5, 0.6) is 0 Å². The van der Waals surface area contributed by atoms with E-state index in [9.17, 15) is 9.59 Å². The van der Waals surface area contributed by atoms with Gasteiger partial charge in [-0.3, -0.25) is 14.5 Å². The molecule has 5 heteroatoms. The molecule has 2 unspecified atom stereocenters. The van der Waals surface area contributed by atoms with Gasteiger partial charge in [-0.05, 0) is 37.0 Å². The Balaban J connectivity index is 1.62. The number of amides is 2. The summed E-state index contributed by atoms with van der Waals surface area (Å²) in [4.78, 5) is 30.5. The van der Waals surface area contributed by atoms with Crippen LogP contribution in [-0.4, -0.2) is 53.8 Å². The van der Waals surface area contributed by atoms with Gasteiger partial charge in [0.25, 0.3) is 5.91 Å². The molecule has 2 amide bonds. The Morgan fingerprint density at radius 2 is 1.68 bits per heavy atom. The Morgan fingerprint density at radius 3 is 2.35 bits per heavy atom. The molecule has 1 fully saturated rings. The fourth-order valence-electron chi connectivity index (χ4n) is 3.99. The fourth-order valence-corrected chi connectivity index (χ4v) is 3.99. The molecule has 1 saturated heterocycles. The molecule has 2 aromatic carbocycles. The molecule has 0 aliphatic carbocycles. The molecule has 0 saturated carbocycles. The molecule has 1 N–H and O–H groups in total. The first-order chi connectivity index (χ1) is 15.0. The molecule has 0 radical (unpaired) electrons. The van der Waals surface area contributed by atoms with Crippen molar-refractivity contribution in [2.75, 3.05) is 26.2 Å². The summed E-state index contributed by atoms with van der Waals surface area (Å²) in [5.74, 6) is -0.0713. The van der Waals surface area contributed by atoms with E-state index in [2.05, 4.69) is 48.3 Å². The second-order valence-electron chi connectivity index (χ2n) is 8.64. The average Bonchev–Trinajstić information content (AvgIpc) is 3.04. The Bertz CT molecular complexity index is 851. The molecule has 166 valence electrons. The SMILES string of the molecule is CCC(C)C(NC(=O)c1ccccc1)C(=O)N1CCCN(Cc2ccc(C)cc2)CC1. The van der Waals surface area contributed by atoms with Crippen LogP contribution in [0.25, 0.3) is 0 Å². The Labute approximate surface area is 186 Å². The third kappa shape index (κ3) is 6.41. The lowest BCUT2D eigenvalue weighted by Gasteiger charge is -2.30. The minimum atomic E-state index is -0.499. The first-order valence-corrected chi connectivity index (χ1v) is 11.4. The number of hydrogen-bond acceptors (Lipinski definition) is 3. The quantitative estimate of drug-likeness (QED) is 0.738. The third-order valence-electron chi connectivity index (χ3n) is 6.23. The summed E-state index contributed by atoms with van der Waals surface area (Å²) in [5.41, 5.74) is 3.16. The smallest absolute Gasteiger partial charge is 0.251 e. The summed E-state index contributed by atoms with van der Waals surface area (Å²) in [5, 5.41) is 3.01. The van der Waals surface area contributed by atoms with E-state index >= 15 is 0 Å². The average molecular weight is 422 g/mol. The van der Waals surface area contributed by atoms with Crippen LogP contribution in [0, 0.1) is 12.8 Å². The highest BCUT2D eigenvalue weighted by atomic mass is 16.2. The number of nitrogens with zero attached hydrogens (tertiary/aromatic N) is 2. The van der Waals surface area contributed by atoms with E-state index in [1.807, 2.05) is 30.0 Å². The second-order valence-corrected chi connectivity index (χ2v) is 8.64. The molecular formula is C26H35N3O2. The van der Waals surface area contributed by atoms with Crippen molar-refractivity contribution < 1.29 is 9.59 Å². The third-order valence-corrected chi connectivity index (χ3v) is 6.23. The first-order valence-electron chi connectivity index (χ1n) is 11.4. The molecule has 5 nitrogen and oxygen atoms in total. The number of carbonyl (C=O) groups is 2. The zero-order valence-electron chi connectivity index (χ0n) is 19.0. The predicted octanol–water partition coefficient (Wildman–Crippen LogP) is 3.87. The highest BCUT2D eigenvalue weighted by Crippen LogP contribution is 2.15. The summed E-state index contributed by atoms with van der Waals surface area (Å²) in [6, 6.07) is 17.3. The van der Waals surface area contributed by atoms with Gasteiger partial charge in [-0.1, -0.05) is 68.3 Å². The highest BCUT2D eigenvalue weighted by Gasteiger charge is 2.31. The molecule has 1 heterocycles. The maximum atomic E-state index is 13.4. The van der Waals surface area contributed by atoms with E-state index in [0.717, 1.165) is 39.0 Å². The number of nitrogens with one attached hydrogen (secondary N) is 1. The van der Waals surface area contributed by atoms with Gasteiger partial charge in [0, 0.05) is 38.3 Å². The van der Waals surface area contributed by atoms with Gasteiger partial charge in [0.15, 0.2) is 0 Å². The van der Waals surface area contributed by atoms with Gasteiger partial charge in [-0.25, -0.2) is 0 Å². The van der Waals surface area contributed by atoms with Crippen LogP contribution in [0.1, 0.15) is 48.2 Å². The van der Waals surface area contributed by atoms with Gasteiger partial charge in [-0.15, -0.1) is 0 Å². The lowest BCUT2D eigenvalue weighted by atomic mass is 9.97. The zero-order valence-corrected chi connectivity index (χ0v) is 19.0. The van der Waals surface area contributed by atoms with Gasteiger partial charge in [-0.2, -0.15) is 0 Å². The van der Waals surface area contributed by atoms with Crippen LogP contribution in [0.3, 0.4) is 0 Å². The second kappa shape index (κ2) is 11.1. The van der Waals surface area contributed by atoms with Crippen LogP contribution in [0.15, 0.2) is 54.6 Å². The van der Waals surface area contributed by atoms with Crippen LogP contribution < -0.4 is 5.32 Å². The van der Waals surface area contributed by atoms with E-state index in [0.29, 0.717) is 12.1 Å². The molecule has 31 heavy (non-hydrogen) atoms. The molecular weight excluding hydrogens is 386 g/mol. The van der Waals surface area contributed by atoms with Crippen molar-refractivity contribution in [1.82, 2.24) is 15.1 Å². The molecule has 0 aromatic heterocycles. The van der Waals surface area contributed by atoms with Gasteiger partial charge >= 0.3 is 0 Å². The van der Waals surface area contributed by atoms with E-state index in [1.165, 1.54) is 11.1 Å². The van der Waals surface area contributed by atoms with Crippen molar-refractivity contribution >= 4 is 11.8 Å². The summed E-state index contributed by atoms with van der Waals surface area (Å²) >= 11 is 0. The van der Waals surface area contributed by atoms with Crippen molar-refractivity contribution in [1.29, 1.82) is 0 Å². The molecule has 2 atom stereocenters. The highest BCUT2D eigenvalue weighted by molar-refractivity contribution is 5.97. The van der Waals surface area contributed by atoms with E-state index in [1.54, 1.807) is 12.1 Å². The lowest BCUT2D eigenvalue weighted by molar-refractivity contribution is -0.134. The minimum Gasteiger partial charge on any atom is -0.340 e. The molecule has 1 aliphatic heterocycles. The lowest BCUT2D eigenvalue weighted by Crippen LogP contribution is -2.52. The minimum absolute atomic E-state index is 0.0378. The largest absolute Gasteiger partial charge is 0.340 e. The standard InChI is InChI=1S/C26H35N3O2/c1-4-21(3)24(27-25(30)23-9-6-5-7-10-23)26(31)29-16-8-15-28(17-18-29)19-22-13-11-20(2)12-14-22/h5-7,9-14,21,24H,4,8,15-19H2,1-3H3,(H,27,30). The fraction of sp³-hybridized carbons (Fsp3) is 0.462. The van der Waals surface area contributed by atoms with Crippen molar-refractivity contribution in [3.63, 3.8) is 0 Å². The van der Waals surface area contributed by atoms with Crippen molar-refractivity contribution in [2.24, 2.45) is 5.92 Å². The maximum Gasteiger partial charge on any atom is 0.251 e. The number of carbonyl (C=O) groups excluding carboxylic acids is 2. The first kappa shape index (κ1) is 23.0. The number of rotatable bonds is 7. The monoisotopic (exact) mass is 421 g/mol. The van der Waals surface area contributed by atoms with E-state index in [-0.39, 0.29) is 17.7 Å². The van der Waals surface area contributed by atoms with Gasteiger partial charge in [0.1, 0.15) is 6.04 Å². The Morgan fingerprint density at radius 1 is 0.968 bits per heavy atom. The van der Waals surface area contributed by atoms with Gasteiger partial charge < -0.3 is 10.2 Å². The predicted molar refractivity (Wildman–Crippen MR) is 125 cm³/mol. The van der Waals surface area contributed by atoms with Crippen molar-refractivity contribution in [3.8, 4) is 0 Å². The normalized spacial score (nSPS) is 16.9. The topological polar surface area (TPSA) is 52.7 Å². The van der Waals surface area contributed by atoms with Crippen LogP contribution >= 0.6 is 0 Å². The molecule has 1 aliphatic rings. The molecule has 0 spiro atoms. The number of hydrogen-bond donors (Lipinski definition) is 1. The van der Waals surface area contributed by atoms with Crippen molar-refractivity contribution in [3.05, 3.63) is 71.3 Å². The molecule has 0 bridgehead atoms. The van der Waals surface area contributed by atoms with Gasteiger partial charge in [0.05, 0.1) is 0 Å². The van der Waals surface area contributed by atoms with E-state index < -0.39 is 6.04 Å². The van der Waals surface area contributed by atoms with Crippen LogP contribution in [-0.2, 0) is 11.3 Å². The van der Waals surface area contributed by atoms with E-state index in [4.69, 9.17) is 0 Å².